The number of ether oxygens (including phenoxy) is 1. The average Bonchev–Trinajstić information content (AvgIpc) is 1.96. The van der Waals surface area contributed by atoms with Crippen molar-refractivity contribution in [3.05, 3.63) is 0 Å². The maximum absolute atomic E-state index is 5.83. The highest BCUT2D eigenvalue weighted by molar-refractivity contribution is 4.82. The molecule has 0 atom stereocenters. The Kier molecular flexibility index (Phi) is 3.23. The van der Waals surface area contributed by atoms with Crippen molar-refractivity contribution < 1.29 is 4.74 Å². The van der Waals surface area contributed by atoms with Crippen LogP contribution in [0.3, 0.4) is 0 Å². The Morgan fingerprint density at radius 1 is 1.23 bits per heavy atom. The second-order valence-electron chi connectivity index (χ2n) is 4.65. The standard InChI is InChI=1S/C11H21NO/c1-12-7-10-5-11(6-10)13-8-9-3-2-4-9/h9-12H,2-8H2,1H3. The van der Waals surface area contributed by atoms with E-state index in [1.54, 1.807) is 0 Å². The van der Waals surface area contributed by atoms with Crippen LogP contribution in [0, 0.1) is 11.8 Å². The maximum atomic E-state index is 5.83. The van der Waals surface area contributed by atoms with E-state index in [-0.39, 0.29) is 0 Å². The van der Waals surface area contributed by atoms with E-state index in [1.807, 2.05) is 7.05 Å². The fourth-order valence-corrected chi connectivity index (χ4v) is 2.20. The van der Waals surface area contributed by atoms with Gasteiger partial charge >= 0.3 is 0 Å². The lowest BCUT2D eigenvalue weighted by Crippen LogP contribution is -2.38. The molecule has 0 amide bonds. The summed E-state index contributed by atoms with van der Waals surface area (Å²) < 4.78 is 5.83. The molecule has 2 heteroatoms. The highest BCUT2D eigenvalue weighted by atomic mass is 16.5. The molecule has 0 aromatic carbocycles. The maximum Gasteiger partial charge on any atom is 0.0581 e. The fourth-order valence-electron chi connectivity index (χ4n) is 2.20. The van der Waals surface area contributed by atoms with Crippen molar-refractivity contribution in [1.29, 1.82) is 0 Å². The highest BCUT2D eigenvalue weighted by Crippen LogP contribution is 2.32. The predicted octanol–water partition coefficient (Wildman–Crippen LogP) is 1.80. The lowest BCUT2D eigenvalue weighted by Gasteiger charge is -2.37. The van der Waals surface area contributed by atoms with Crippen LogP contribution in [-0.2, 0) is 4.74 Å². The Bertz CT molecular complexity index is 150. The Hall–Kier alpha value is -0.0800. The topological polar surface area (TPSA) is 21.3 Å². The first-order chi connectivity index (χ1) is 6.38. The molecule has 0 spiro atoms. The smallest absolute Gasteiger partial charge is 0.0581 e. The van der Waals surface area contributed by atoms with Gasteiger partial charge in [0, 0.05) is 6.61 Å². The zero-order valence-corrected chi connectivity index (χ0v) is 8.59. The molecule has 2 nitrogen and oxygen atoms in total. The number of nitrogens with one attached hydrogen (secondary N) is 1. The van der Waals surface area contributed by atoms with Gasteiger partial charge < -0.3 is 10.1 Å². The highest BCUT2D eigenvalue weighted by Gasteiger charge is 2.30. The molecule has 2 rings (SSSR count). The monoisotopic (exact) mass is 183 g/mol. The molecule has 2 fully saturated rings. The summed E-state index contributed by atoms with van der Waals surface area (Å²) in [6.45, 7) is 2.21. The fraction of sp³-hybridized carbons (Fsp3) is 1.00. The molecule has 0 aromatic rings. The number of rotatable bonds is 5. The van der Waals surface area contributed by atoms with Gasteiger partial charge in [0.05, 0.1) is 6.10 Å². The largest absolute Gasteiger partial charge is 0.378 e. The third-order valence-corrected chi connectivity index (χ3v) is 3.48. The van der Waals surface area contributed by atoms with Gasteiger partial charge in [-0.2, -0.15) is 0 Å². The van der Waals surface area contributed by atoms with Crippen molar-refractivity contribution in [1.82, 2.24) is 5.32 Å². The minimum atomic E-state index is 0.596. The van der Waals surface area contributed by atoms with E-state index in [0.717, 1.165) is 18.4 Å². The van der Waals surface area contributed by atoms with Gasteiger partial charge in [0.15, 0.2) is 0 Å². The van der Waals surface area contributed by atoms with Crippen LogP contribution in [0.2, 0.25) is 0 Å². The summed E-state index contributed by atoms with van der Waals surface area (Å²) in [5.41, 5.74) is 0. The SMILES string of the molecule is CNCC1CC(OCC2CCC2)C1. The molecule has 2 aliphatic rings. The van der Waals surface area contributed by atoms with Gasteiger partial charge in [0.1, 0.15) is 0 Å². The molecule has 0 aromatic heterocycles. The van der Waals surface area contributed by atoms with E-state index < -0.39 is 0 Å². The first-order valence-electron chi connectivity index (χ1n) is 5.64. The Balaban J connectivity index is 1.49. The Labute approximate surface area is 81.0 Å². The van der Waals surface area contributed by atoms with Crippen LogP contribution in [0.1, 0.15) is 32.1 Å². The molecule has 2 aliphatic carbocycles. The first-order valence-corrected chi connectivity index (χ1v) is 5.64. The second kappa shape index (κ2) is 4.43. The molecule has 0 saturated heterocycles. The molecule has 2 saturated carbocycles. The van der Waals surface area contributed by atoms with Crippen molar-refractivity contribution in [2.45, 2.75) is 38.2 Å². The molecule has 1 N–H and O–H groups in total. The molecular formula is C11H21NO. The number of hydrogen-bond donors (Lipinski definition) is 1. The Morgan fingerprint density at radius 3 is 2.54 bits per heavy atom. The first kappa shape index (κ1) is 9.47. The molecule has 13 heavy (non-hydrogen) atoms. The zero-order chi connectivity index (χ0) is 9.10. The minimum Gasteiger partial charge on any atom is -0.378 e. The van der Waals surface area contributed by atoms with Gasteiger partial charge in [-0.3, -0.25) is 0 Å². The van der Waals surface area contributed by atoms with E-state index in [4.69, 9.17) is 4.74 Å². The van der Waals surface area contributed by atoms with Crippen LogP contribution >= 0.6 is 0 Å². The van der Waals surface area contributed by atoms with Crippen LogP contribution in [0.15, 0.2) is 0 Å². The van der Waals surface area contributed by atoms with Crippen molar-refractivity contribution in [3.63, 3.8) is 0 Å². The summed E-state index contributed by atoms with van der Waals surface area (Å²) in [4.78, 5) is 0. The molecule has 0 heterocycles. The van der Waals surface area contributed by atoms with Crippen LogP contribution in [-0.4, -0.2) is 26.3 Å². The summed E-state index contributed by atoms with van der Waals surface area (Å²) in [5, 5.41) is 3.22. The summed E-state index contributed by atoms with van der Waals surface area (Å²) in [5.74, 6) is 1.79. The van der Waals surface area contributed by atoms with Crippen molar-refractivity contribution in [2.75, 3.05) is 20.2 Å². The lowest BCUT2D eigenvalue weighted by molar-refractivity contribution is -0.0537. The molecular weight excluding hydrogens is 162 g/mol. The molecule has 0 aliphatic heterocycles. The molecule has 0 bridgehead atoms. The third kappa shape index (κ3) is 2.44. The van der Waals surface area contributed by atoms with E-state index >= 15 is 0 Å². The van der Waals surface area contributed by atoms with Crippen LogP contribution < -0.4 is 5.32 Å². The van der Waals surface area contributed by atoms with Gasteiger partial charge in [-0.05, 0) is 51.1 Å². The van der Waals surface area contributed by atoms with Gasteiger partial charge in [-0.25, -0.2) is 0 Å². The van der Waals surface area contributed by atoms with Crippen LogP contribution in [0.25, 0.3) is 0 Å². The van der Waals surface area contributed by atoms with E-state index in [9.17, 15) is 0 Å². The van der Waals surface area contributed by atoms with Crippen LogP contribution in [0.4, 0.5) is 0 Å². The summed E-state index contributed by atoms with van der Waals surface area (Å²) in [7, 11) is 2.03. The Morgan fingerprint density at radius 2 is 2.00 bits per heavy atom. The summed E-state index contributed by atoms with van der Waals surface area (Å²) in [6.07, 6.45) is 7.42. The molecule has 0 unspecified atom stereocenters. The van der Waals surface area contributed by atoms with Crippen LogP contribution in [0.5, 0.6) is 0 Å². The molecule has 0 radical (unpaired) electrons. The third-order valence-electron chi connectivity index (χ3n) is 3.48. The van der Waals surface area contributed by atoms with Gasteiger partial charge in [0.2, 0.25) is 0 Å². The van der Waals surface area contributed by atoms with Gasteiger partial charge in [-0.1, -0.05) is 6.42 Å². The van der Waals surface area contributed by atoms with Gasteiger partial charge in [-0.15, -0.1) is 0 Å². The normalized spacial score (nSPS) is 33.9. The zero-order valence-electron chi connectivity index (χ0n) is 8.59. The van der Waals surface area contributed by atoms with Crippen molar-refractivity contribution in [3.8, 4) is 0 Å². The average molecular weight is 183 g/mol. The lowest BCUT2D eigenvalue weighted by atomic mass is 9.81. The van der Waals surface area contributed by atoms with E-state index in [1.165, 1.54) is 38.6 Å². The van der Waals surface area contributed by atoms with Gasteiger partial charge in [0.25, 0.3) is 0 Å². The van der Waals surface area contributed by atoms with E-state index in [2.05, 4.69) is 5.32 Å². The van der Waals surface area contributed by atoms with Crippen molar-refractivity contribution >= 4 is 0 Å². The summed E-state index contributed by atoms with van der Waals surface area (Å²) >= 11 is 0. The van der Waals surface area contributed by atoms with E-state index in [0.29, 0.717) is 6.10 Å². The summed E-state index contributed by atoms with van der Waals surface area (Å²) in [6, 6.07) is 0. The number of hydrogen-bond acceptors (Lipinski definition) is 2. The quantitative estimate of drug-likeness (QED) is 0.702. The second-order valence-corrected chi connectivity index (χ2v) is 4.65. The minimum absolute atomic E-state index is 0.596. The molecule has 76 valence electrons. The predicted molar refractivity (Wildman–Crippen MR) is 53.7 cm³/mol. The van der Waals surface area contributed by atoms with Crippen molar-refractivity contribution in [2.24, 2.45) is 11.8 Å².